The number of nitrogens with one attached hydrogen (secondary N) is 1. The molecule has 26 heavy (non-hydrogen) atoms. The topological polar surface area (TPSA) is 75.3 Å². The molecule has 0 aliphatic heterocycles. The average molecular weight is 406 g/mol. The minimum absolute atomic E-state index is 0.0663. The number of alkyl halides is 3. The van der Waals surface area contributed by atoms with Crippen molar-refractivity contribution in [2.45, 2.75) is 19.2 Å². The Hall–Kier alpha value is -2.10. The molecule has 0 aliphatic carbocycles. The van der Waals surface area contributed by atoms with Crippen molar-refractivity contribution in [2.75, 3.05) is 11.9 Å². The number of halogens is 5. The Labute approximate surface area is 155 Å². The van der Waals surface area contributed by atoms with Gasteiger partial charge >= 0.3 is 6.18 Å². The molecule has 138 valence electrons. The third-order valence-electron chi connectivity index (χ3n) is 3.50. The van der Waals surface area contributed by atoms with E-state index in [0.29, 0.717) is 11.3 Å². The van der Waals surface area contributed by atoms with Crippen LogP contribution in [-0.4, -0.2) is 31.2 Å². The number of aromatic nitrogens is 4. The van der Waals surface area contributed by atoms with Gasteiger partial charge in [-0.25, -0.2) is 4.98 Å². The predicted molar refractivity (Wildman–Crippen MR) is 90.4 cm³/mol. The van der Waals surface area contributed by atoms with Crippen molar-refractivity contribution in [2.24, 2.45) is 0 Å². The maximum Gasteiger partial charge on any atom is 0.453 e. The number of rotatable bonds is 4. The zero-order valence-corrected chi connectivity index (χ0v) is 14.7. The van der Waals surface area contributed by atoms with Crippen LogP contribution in [-0.2, 0) is 6.18 Å². The highest BCUT2D eigenvalue weighted by atomic mass is 35.5. The third kappa shape index (κ3) is 3.69. The molecule has 1 aromatic carbocycles. The Morgan fingerprint density at radius 2 is 1.88 bits per heavy atom. The van der Waals surface area contributed by atoms with Crippen molar-refractivity contribution >= 4 is 34.8 Å². The van der Waals surface area contributed by atoms with Crippen LogP contribution in [0.2, 0.25) is 10.0 Å². The molecule has 2 aromatic heterocycles. The Morgan fingerprint density at radius 3 is 2.50 bits per heavy atom. The lowest BCUT2D eigenvalue weighted by molar-refractivity contribution is -0.144. The molecular weight excluding hydrogens is 394 g/mol. The molecule has 2 N–H and O–H groups in total. The van der Waals surface area contributed by atoms with Crippen LogP contribution in [0.5, 0.6) is 0 Å². The number of aryl methyl sites for hydroxylation is 1. The summed E-state index contributed by atoms with van der Waals surface area (Å²) >= 11 is 12.1. The molecule has 0 fully saturated rings. The molecule has 1 atom stereocenters. The molecule has 0 saturated heterocycles. The van der Waals surface area contributed by atoms with Gasteiger partial charge in [-0.2, -0.15) is 22.7 Å². The first-order valence-corrected chi connectivity index (χ1v) is 8.10. The van der Waals surface area contributed by atoms with Crippen molar-refractivity contribution < 1.29 is 18.3 Å². The number of aliphatic hydroxyl groups is 1. The van der Waals surface area contributed by atoms with E-state index in [-0.39, 0.29) is 28.2 Å². The van der Waals surface area contributed by atoms with Crippen LogP contribution in [0, 0.1) is 6.92 Å². The molecule has 0 bridgehead atoms. The van der Waals surface area contributed by atoms with E-state index in [1.165, 1.54) is 6.07 Å². The summed E-state index contributed by atoms with van der Waals surface area (Å²) in [6.07, 6.45) is -5.78. The van der Waals surface area contributed by atoms with Gasteiger partial charge in [0.2, 0.25) is 0 Å². The van der Waals surface area contributed by atoms with Crippen molar-refractivity contribution in [3.8, 4) is 0 Å². The number of hydrogen-bond acceptors (Lipinski definition) is 5. The SMILES string of the molecule is Cc1cc(NCC(O)c2c(Cl)cccc2Cl)n2nc(C(F)(F)F)nc2n1. The Kier molecular flexibility index (Phi) is 4.96. The summed E-state index contributed by atoms with van der Waals surface area (Å²) in [4.78, 5) is 7.32. The molecule has 2 heterocycles. The summed E-state index contributed by atoms with van der Waals surface area (Å²) in [5.41, 5.74) is 0.756. The first kappa shape index (κ1) is 18.7. The van der Waals surface area contributed by atoms with E-state index >= 15 is 0 Å². The molecular formula is C15H12Cl2F3N5O. The van der Waals surface area contributed by atoms with Crippen molar-refractivity contribution in [1.82, 2.24) is 19.6 Å². The van der Waals surface area contributed by atoms with Gasteiger partial charge in [0.25, 0.3) is 11.6 Å². The first-order chi connectivity index (χ1) is 12.2. The van der Waals surface area contributed by atoms with E-state index in [1.54, 1.807) is 25.1 Å². The normalized spacial score (nSPS) is 13.2. The van der Waals surface area contributed by atoms with E-state index in [4.69, 9.17) is 23.2 Å². The summed E-state index contributed by atoms with van der Waals surface area (Å²) in [5.74, 6) is -1.31. The molecule has 0 aliphatic rings. The highest BCUT2D eigenvalue weighted by Gasteiger charge is 2.36. The molecule has 0 amide bonds. The molecule has 11 heteroatoms. The Balaban J connectivity index is 1.90. The average Bonchev–Trinajstić information content (AvgIpc) is 2.96. The van der Waals surface area contributed by atoms with E-state index < -0.39 is 18.1 Å². The van der Waals surface area contributed by atoms with Gasteiger partial charge in [0.1, 0.15) is 5.82 Å². The largest absolute Gasteiger partial charge is 0.453 e. The van der Waals surface area contributed by atoms with Gasteiger partial charge in [-0.1, -0.05) is 29.3 Å². The first-order valence-electron chi connectivity index (χ1n) is 7.34. The lowest BCUT2D eigenvalue weighted by Gasteiger charge is -2.16. The lowest BCUT2D eigenvalue weighted by Crippen LogP contribution is -2.16. The van der Waals surface area contributed by atoms with Crippen molar-refractivity contribution in [3.05, 3.63) is 51.4 Å². The predicted octanol–water partition coefficient (Wildman–Crippen LogP) is 3.90. The summed E-state index contributed by atoms with van der Waals surface area (Å²) in [6.45, 7) is 1.54. The van der Waals surface area contributed by atoms with Crippen LogP contribution in [0.4, 0.5) is 19.0 Å². The zero-order chi connectivity index (χ0) is 19.1. The number of aliphatic hydroxyl groups excluding tert-OH is 1. The van der Waals surface area contributed by atoms with Crippen LogP contribution in [0.3, 0.4) is 0 Å². The molecule has 6 nitrogen and oxygen atoms in total. The highest BCUT2D eigenvalue weighted by Crippen LogP contribution is 2.31. The second kappa shape index (κ2) is 6.90. The van der Waals surface area contributed by atoms with Gasteiger partial charge in [0.15, 0.2) is 0 Å². The maximum atomic E-state index is 12.8. The summed E-state index contributed by atoms with van der Waals surface area (Å²) in [5, 5.41) is 17.2. The minimum atomic E-state index is -4.69. The van der Waals surface area contributed by atoms with Gasteiger partial charge in [-0.05, 0) is 19.1 Å². The van der Waals surface area contributed by atoms with Crippen LogP contribution >= 0.6 is 23.2 Å². The third-order valence-corrected chi connectivity index (χ3v) is 4.16. The fourth-order valence-electron chi connectivity index (χ4n) is 2.37. The van der Waals surface area contributed by atoms with Crippen LogP contribution in [0.15, 0.2) is 24.3 Å². The van der Waals surface area contributed by atoms with Crippen molar-refractivity contribution in [3.63, 3.8) is 0 Å². The van der Waals surface area contributed by atoms with Crippen LogP contribution < -0.4 is 5.32 Å². The van der Waals surface area contributed by atoms with E-state index in [0.717, 1.165) is 4.52 Å². The lowest BCUT2D eigenvalue weighted by atomic mass is 10.1. The molecule has 1 unspecified atom stereocenters. The van der Waals surface area contributed by atoms with Gasteiger partial charge in [0, 0.05) is 33.9 Å². The van der Waals surface area contributed by atoms with Gasteiger partial charge in [-0.15, -0.1) is 5.10 Å². The standard InChI is InChI=1S/C15H12Cl2F3N5O/c1-7-5-11(25-14(22-7)23-13(24-25)15(18,19)20)21-6-10(26)12-8(16)3-2-4-9(12)17/h2-5,10,21,26H,6H2,1H3. The Morgan fingerprint density at radius 1 is 1.23 bits per heavy atom. The van der Waals surface area contributed by atoms with Gasteiger partial charge < -0.3 is 10.4 Å². The molecule has 3 rings (SSSR count). The molecule has 0 saturated carbocycles. The zero-order valence-electron chi connectivity index (χ0n) is 13.2. The maximum absolute atomic E-state index is 12.8. The van der Waals surface area contributed by atoms with Crippen LogP contribution in [0.25, 0.3) is 5.78 Å². The van der Waals surface area contributed by atoms with Crippen molar-refractivity contribution in [1.29, 1.82) is 0 Å². The number of nitrogens with zero attached hydrogens (tertiary/aromatic N) is 4. The molecule has 0 radical (unpaired) electrons. The number of fused-ring (bicyclic) bond motifs is 1. The number of anilines is 1. The van der Waals surface area contributed by atoms with E-state index in [2.05, 4.69) is 20.4 Å². The fraction of sp³-hybridized carbons (Fsp3) is 0.267. The van der Waals surface area contributed by atoms with Gasteiger partial charge in [-0.3, -0.25) is 0 Å². The van der Waals surface area contributed by atoms with Gasteiger partial charge in [0.05, 0.1) is 6.10 Å². The van der Waals surface area contributed by atoms with Crippen LogP contribution in [0.1, 0.15) is 23.2 Å². The number of hydrogen-bond donors (Lipinski definition) is 2. The monoisotopic (exact) mass is 405 g/mol. The summed E-state index contributed by atoms with van der Waals surface area (Å²) in [6, 6.07) is 6.28. The van der Waals surface area contributed by atoms with E-state index in [9.17, 15) is 18.3 Å². The molecule has 0 spiro atoms. The smallest absolute Gasteiger partial charge is 0.386 e. The minimum Gasteiger partial charge on any atom is -0.386 e. The number of benzene rings is 1. The molecule has 3 aromatic rings. The second-order valence-electron chi connectivity index (χ2n) is 5.46. The van der Waals surface area contributed by atoms with E-state index in [1.807, 2.05) is 0 Å². The Bertz CT molecular complexity index is 940. The quantitative estimate of drug-likeness (QED) is 0.688. The summed E-state index contributed by atoms with van der Waals surface area (Å²) < 4.78 is 39.4. The summed E-state index contributed by atoms with van der Waals surface area (Å²) in [7, 11) is 0. The highest BCUT2D eigenvalue weighted by molar-refractivity contribution is 6.36. The fourth-order valence-corrected chi connectivity index (χ4v) is 3.01. The second-order valence-corrected chi connectivity index (χ2v) is 6.27.